The Morgan fingerprint density at radius 2 is 1.61 bits per heavy atom. The predicted octanol–water partition coefficient (Wildman–Crippen LogP) is 6.36. The smallest absolute Gasteiger partial charge is 0.264 e. The number of hydrogen-bond donors (Lipinski definition) is 1. The van der Waals surface area contributed by atoms with Gasteiger partial charge in [0.15, 0.2) is 0 Å². The van der Waals surface area contributed by atoms with Crippen LogP contribution in [0.1, 0.15) is 44.2 Å². The molecule has 1 unspecified atom stereocenters. The lowest BCUT2D eigenvalue weighted by Gasteiger charge is -2.33. The molecule has 3 aromatic rings. The molecule has 220 valence electrons. The standard InChI is InChI=1S/C30H34Cl2FN3O4S/c1-4-6-17-34-30(38)28(5-2)35(19-22-9-11-23(33)12-10-22)29(37)20-36(24-13-16-26(31)27(32)18-24)41(39,40)25-14-7-21(3)8-15-25/h7-16,18,28H,4-6,17,19-20H2,1-3H3,(H,34,38). The van der Waals surface area contributed by atoms with E-state index in [0.717, 1.165) is 22.7 Å². The van der Waals surface area contributed by atoms with Crippen LogP contribution in [-0.2, 0) is 26.2 Å². The Morgan fingerprint density at radius 1 is 0.951 bits per heavy atom. The summed E-state index contributed by atoms with van der Waals surface area (Å²) in [7, 11) is -4.24. The quantitative estimate of drug-likeness (QED) is 0.225. The number of aryl methyl sites for hydroxylation is 1. The Bertz CT molecular complexity index is 1450. The number of halogens is 3. The Hall–Kier alpha value is -3.14. The van der Waals surface area contributed by atoms with E-state index in [9.17, 15) is 22.4 Å². The SMILES string of the molecule is CCCCNC(=O)C(CC)N(Cc1ccc(F)cc1)C(=O)CN(c1ccc(Cl)c(Cl)c1)S(=O)(=O)c1ccc(C)cc1. The summed E-state index contributed by atoms with van der Waals surface area (Å²) >= 11 is 12.3. The van der Waals surface area contributed by atoms with E-state index in [-0.39, 0.29) is 39.5 Å². The van der Waals surface area contributed by atoms with Gasteiger partial charge >= 0.3 is 0 Å². The third-order valence-corrected chi connectivity index (χ3v) is 9.09. The number of anilines is 1. The summed E-state index contributed by atoms with van der Waals surface area (Å²) in [5, 5.41) is 3.21. The Morgan fingerprint density at radius 3 is 2.20 bits per heavy atom. The zero-order valence-corrected chi connectivity index (χ0v) is 25.6. The Labute approximate surface area is 251 Å². The molecule has 1 atom stereocenters. The Balaban J connectivity index is 2.05. The van der Waals surface area contributed by atoms with E-state index in [1.807, 2.05) is 13.8 Å². The molecule has 0 spiro atoms. The van der Waals surface area contributed by atoms with E-state index in [1.165, 1.54) is 59.5 Å². The molecule has 0 aromatic heterocycles. The maximum atomic E-state index is 14.0. The van der Waals surface area contributed by atoms with Crippen molar-refractivity contribution >= 4 is 50.7 Å². The number of amides is 2. The van der Waals surface area contributed by atoms with Crippen LogP contribution in [0.4, 0.5) is 10.1 Å². The molecule has 0 saturated carbocycles. The number of benzene rings is 3. The molecule has 7 nitrogen and oxygen atoms in total. The molecule has 3 rings (SSSR count). The van der Waals surface area contributed by atoms with Crippen molar-refractivity contribution in [2.45, 2.75) is 57.5 Å². The topological polar surface area (TPSA) is 86.8 Å². The van der Waals surface area contributed by atoms with E-state index in [2.05, 4.69) is 5.32 Å². The lowest BCUT2D eigenvalue weighted by atomic mass is 10.1. The van der Waals surface area contributed by atoms with Crippen LogP contribution in [0.3, 0.4) is 0 Å². The van der Waals surface area contributed by atoms with E-state index in [4.69, 9.17) is 23.2 Å². The highest BCUT2D eigenvalue weighted by atomic mass is 35.5. The van der Waals surface area contributed by atoms with Crippen molar-refractivity contribution in [1.29, 1.82) is 0 Å². The third-order valence-electron chi connectivity index (χ3n) is 6.56. The molecule has 0 aliphatic carbocycles. The van der Waals surface area contributed by atoms with Crippen LogP contribution < -0.4 is 9.62 Å². The fourth-order valence-corrected chi connectivity index (χ4v) is 5.92. The van der Waals surface area contributed by atoms with Gasteiger partial charge in [-0.05, 0) is 67.8 Å². The molecule has 1 N–H and O–H groups in total. The van der Waals surface area contributed by atoms with Crippen LogP contribution in [0, 0.1) is 12.7 Å². The summed E-state index contributed by atoms with van der Waals surface area (Å²) in [6.07, 6.45) is 1.93. The van der Waals surface area contributed by atoms with Crippen molar-refractivity contribution in [1.82, 2.24) is 10.2 Å². The molecule has 0 aliphatic rings. The van der Waals surface area contributed by atoms with Crippen molar-refractivity contribution < 1.29 is 22.4 Å². The monoisotopic (exact) mass is 621 g/mol. The maximum Gasteiger partial charge on any atom is 0.264 e. The van der Waals surface area contributed by atoms with Crippen LogP contribution in [-0.4, -0.2) is 44.3 Å². The van der Waals surface area contributed by atoms with E-state index >= 15 is 0 Å². The highest BCUT2D eigenvalue weighted by molar-refractivity contribution is 7.92. The second-order valence-electron chi connectivity index (χ2n) is 9.64. The van der Waals surface area contributed by atoms with Crippen molar-refractivity contribution in [2.24, 2.45) is 0 Å². The molecular weight excluding hydrogens is 588 g/mol. The van der Waals surface area contributed by atoms with Gasteiger partial charge < -0.3 is 10.2 Å². The largest absolute Gasteiger partial charge is 0.354 e. The van der Waals surface area contributed by atoms with Crippen LogP contribution >= 0.6 is 23.2 Å². The number of nitrogens with one attached hydrogen (secondary N) is 1. The normalized spacial score (nSPS) is 12.0. The first-order chi connectivity index (χ1) is 19.5. The minimum Gasteiger partial charge on any atom is -0.354 e. The highest BCUT2D eigenvalue weighted by Gasteiger charge is 2.33. The van der Waals surface area contributed by atoms with Gasteiger partial charge in [-0.1, -0.05) is 73.3 Å². The van der Waals surface area contributed by atoms with Crippen LogP contribution in [0.15, 0.2) is 71.6 Å². The van der Waals surface area contributed by atoms with Gasteiger partial charge in [-0.3, -0.25) is 13.9 Å². The zero-order chi connectivity index (χ0) is 30.2. The lowest BCUT2D eigenvalue weighted by molar-refractivity contribution is -0.140. The fraction of sp³-hybridized carbons (Fsp3) is 0.333. The summed E-state index contributed by atoms with van der Waals surface area (Å²) in [4.78, 5) is 28.5. The van der Waals surface area contributed by atoms with Gasteiger partial charge in [-0.2, -0.15) is 0 Å². The summed E-state index contributed by atoms with van der Waals surface area (Å²) in [6, 6.07) is 15.2. The molecule has 0 fully saturated rings. The molecule has 3 aromatic carbocycles. The Kier molecular flexibility index (Phi) is 11.6. The first kappa shape index (κ1) is 32.4. The number of carbonyl (C=O) groups is 2. The van der Waals surface area contributed by atoms with Crippen LogP contribution in [0.2, 0.25) is 10.0 Å². The van der Waals surface area contributed by atoms with Crippen LogP contribution in [0.25, 0.3) is 0 Å². The van der Waals surface area contributed by atoms with Crippen molar-refractivity contribution in [3.63, 3.8) is 0 Å². The third kappa shape index (κ3) is 8.44. The first-order valence-electron chi connectivity index (χ1n) is 13.3. The van der Waals surface area contributed by atoms with E-state index in [0.29, 0.717) is 12.1 Å². The van der Waals surface area contributed by atoms with Gasteiger partial charge in [-0.15, -0.1) is 0 Å². The van der Waals surface area contributed by atoms with Crippen molar-refractivity contribution in [3.05, 3.63) is 93.7 Å². The van der Waals surface area contributed by atoms with Crippen molar-refractivity contribution in [3.8, 4) is 0 Å². The maximum absolute atomic E-state index is 14.0. The van der Waals surface area contributed by atoms with Gasteiger partial charge in [0.25, 0.3) is 10.0 Å². The fourth-order valence-electron chi connectivity index (χ4n) is 4.22. The summed E-state index contributed by atoms with van der Waals surface area (Å²) in [5.74, 6) is -1.40. The van der Waals surface area contributed by atoms with E-state index in [1.54, 1.807) is 19.1 Å². The number of hydrogen-bond acceptors (Lipinski definition) is 4. The highest BCUT2D eigenvalue weighted by Crippen LogP contribution is 2.31. The molecule has 0 saturated heterocycles. The average molecular weight is 623 g/mol. The first-order valence-corrected chi connectivity index (χ1v) is 15.5. The van der Waals surface area contributed by atoms with Gasteiger partial charge in [-0.25, -0.2) is 12.8 Å². The molecule has 2 amide bonds. The van der Waals surface area contributed by atoms with E-state index < -0.39 is 34.3 Å². The second-order valence-corrected chi connectivity index (χ2v) is 12.3. The van der Waals surface area contributed by atoms with Gasteiger partial charge in [0.1, 0.15) is 18.4 Å². The molecule has 0 aliphatic heterocycles. The van der Waals surface area contributed by atoms with Gasteiger partial charge in [0, 0.05) is 13.1 Å². The lowest BCUT2D eigenvalue weighted by Crippen LogP contribution is -2.52. The number of nitrogens with zero attached hydrogens (tertiary/aromatic N) is 2. The molecule has 0 heterocycles. The van der Waals surface area contributed by atoms with Crippen LogP contribution in [0.5, 0.6) is 0 Å². The predicted molar refractivity (Wildman–Crippen MR) is 161 cm³/mol. The zero-order valence-electron chi connectivity index (χ0n) is 23.2. The minimum absolute atomic E-state index is 0.0172. The molecule has 0 bridgehead atoms. The summed E-state index contributed by atoms with van der Waals surface area (Å²) in [6.45, 7) is 5.41. The summed E-state index contributed by atoms with van der Waals surface area (Å²) in [5.41, 5.74) is 1.59. The number of unbranched alkanes of at least 4 members (excludes halogenated alkanes) is 1. The summed E-state index contributed by atoms with van der Waals surface area (Å²) < 4.78 is 42.4. The van der Waals surface area contributed by atoms with Crippen molar-refractivity contribution in [2.75, 3.05) is 17.4 Å². The molecule has 41 heavy (non-hydrogen) atoms. The number of carbonyl (C=O) groups excluding carboxylic acids is 2. The minimum atomic E-state index is -4.24. The number of sulfonamides is 1. The molecule has 11 heteroatoms. The molecular formula is C30H34Cl2FN3O4S. The average Bonchev–Trinajstić information content (AvgIpc) is 2.94. The van der Waals surface area contributed by atoms with Gasteiger partial charge in [0.05, 0.1) is 20.6 Å². The molecule has 0 radical (unpaired) electrons. The second kappa shape index (κ2) is 14.7. The number of rotatable bonds is 13. The van der Waals surface area contributed by atoms with Gasteiger partial charge in [0.2, 0.25) is 11.8 Å².